The van der Waals surface area contributed by atoms with Crippen LogP contribution in [0.3, 0.4) is 0 Å². The van der Waals surface area contributed by atoms with E-state index in [-0.39, 0.29) is 45.8 Å². The number of likely N-dealkylation sites (tertiary alicyclic amines) is 1. The average Bonchev–Trinajstić information content (AvgIpc) is 2.84. The quantitative estimate of drug-likeness (QED) is 0.408. The van der Waals surface area contributed by atoms with Crippen molar-refractivity contribution in [3.05, 3.63) is 70.6 Å². The summed E-state index contributed by atoms with van der Waals surface area (Å²) in [5.41, 5.74) is 0.368. The first-order valence-corrected chi connectivity index (χ1v) is 14.2. The second-order valence-corrected chi connectivity index (χ2v) is 12.2. The highest BCUT2D eigenvalue weighted by Gasteiger charge is 2.55. The van der Waals surface area contributed by atoms with Gasteiger partial charge in [0.2, 0.25) is 10.0 Å². The maximum Gasteiger partial charge on any atom is 0.407 e. The lowest BCUT2D eigenvalue weighted by Crippen LogP contribution is -2.65. The molecule has 5 rings (SSSR count). The summed E-state index contributed by atoms with van der Waals surface area (Å²) in [5.74, 6) is -1.83. The van der Waals surface area contributed by atoms with E-state index in [0.29, 0.717) is 43.1 Å². The number of aromatic nitrogens is 1. The van der Waals surface area contributed by atoms with Gasteiger partial charge in [-0.25, -0.2) is 22.0 Å². The predicted octanol–water partition coefficient (Wildman–Crippen LogP) is 4.41. The van der Waals surface area contributed by atoms with Gasteiger partial charge in [-0.05, 0) is 50.1 Å². The Hall–Kier alpha value is -4.13. The van der Waals surface area contributed by atoms with Crippen LogP contribution in [0.2, 0.25) is 0 Å². The summed E-state index contributed by atoms with van der Waals surface area (Å²) in [6, 6.07) is 8.52. The first-order valence-electron chi connectivity index (χ1n) is 12.5. The number of aryl methyl sites for hydroxylation is 1. The molecule has 0 atom stereocenters. The maximum absolute atomic E-state index is 14.5. The molecule has 13 heteroatoms. The fourth-order valence-electron chi connectivity index (χ4n) is 5.06. The molecule has 2 aromatic carbocycles. The van der Waals surface area contributed by atoms with E-state index in [0.717, 1.165) is 12.1 Å². The second kappa shape index (κ2) is 10.1. The summed E-state index contributed by atoms with van der Waals surface area (Å²) in [6.45, 7) is 2.33. The Morgan fingerprint density at radius 3 is 2.42 bits per heavy atom. The standard InChI is InChI=1S/C27H27F2N3O7S/c1-3-40(36,37)30-17-5-7-22(39-23-6-4-16(28)8-21(23)29)19(9-17)20-13-31(2)25(33)10-24(20)38-18-11-27(12-18)14-32(15-27)26(34)35/h4-10,13,18,30H,3,11-12,14-15H2,1-2H3,(H,34,35). The minimum atomic E-state index is -3.64. The number of rotatable bonds is 8. The summed E-state index contributed by atoms with van der Waals surface area (Å²) in [5, 5.41) is 9.14. The van der Waals surface area contributed by atoms with Crippen LogP contribution in [0, 0.1) is 17.0 Å². The molecule has 2 fully saturated rings. The number of benzene rings is 2. The topological polar surface area (TPSA) is 127 Å². The number of pyridine rings is 1. The smallest absolute Gasteiger partial charge is 0.407 e. The Morgan fingerprint density at radius 2 is 1.77 bits per heavy atom. The van der Waals surface area contributed by atoms with Gasteiger partial charge in [0, 0.05) is 60.7 Å². The molecule has 1 saturated heterocycles. The fraction of sp³-hybridized carbons (Fsp3) is 0.333. The number of amides is 1. The van der Waals surface area contributed by atoms with Gasteiger partial charge in [0.1, 0.15) is 23.4 Å². The molecule has 0 unspecified atom stereocenters. The van der Waals surface area contributed by atoms with E-state index >= 15 is 0 Å². The number of ether oxygens (including phenoxy) is 2. The van der Waals surface area contributed by atoms with Crippen molar-refractivity contribution < 1.29 is 36.6 Å². The van der Waals surface area contributed by atoms with E-state index in [2.05, 4.69) is 4.72 Å². The van der Waals surface area contributed by atoms with Gasteiger partial charge in [-0.1, -0.05) is 0 Å². The summed E-state index contributed by atoms with van der Waals surface area (Å²) >= 11 is 0. The number of nitrogens with one attached hydrogen (secondary N) is 1. The van der Waals surface area contributed by atoms with Crippen LogP contribution < -0.4 is 19.8 Å². The van der Waals surface area contributed by atoms with E-state index in [9.17, 15) is 26.8 Å². The highest BCUT2D eigenvalue weighted by Crippen LogP contribution is 2.50. The largest absolute Gasteiger partial charge is 0.489 e. The van der Waals surface area contributed by atoms with E-state index in [1.165, 1.54) is 53.9 Å². The molecule has 2 aliphatic rings. The Labute approximate surface area is 228 Å². The molecule has 212 valence electrons. The lowest BCUT2D eigenvalue weighted by atomic mass is 9.62. The number of nitrogens with zero attached hydrogens (tertiary/aromatic N) is 2. The summed E-state index contributed by atoms with van der Waals surface area (Å²) in [7, 11) is -2.10. The van der Waals surface area contributed by atoms with Crippen LogP contribution in [0.5, 0.6) is 17.2 Å². The summed E-state index contributed by atoms with van der Waals surface area (Å²) < 4.78 is 68.2. The zero-order valence-electron chi connectivity index (χ0n) is 21.7. The lowest BCUT2D eigenvalue weighted by Gasteiger charge is -2.57. The molecule has 1 aliphatic carbocycles. The van der Waals surface area contributed by atoms with Crippen molar-refractivity contribution in [3.8, 4) is 28.4 Å². The molecule has 1 aromatic heterocycles. The third kappa shape index (κ3) is 5.46. The minimum absolute atomic E-state index is 0.106. The zero-order chi connectivity index (χ0) is 28.8. The van der Waals surface area contributed by atoms with E-state index in [1.807, 2.05) is 0 Å². The van der Waals surface area contributed by atoms with Gasteiger partial charge >= 0.3 is 6.09 Å². The number of carboxylic acid groups (broad SMARTS) is 1. The Balaban J connectivity index is 1.52. The molecule has 1 saturated carbocycles. The van der Waals surface area contributed by atoms with Crippen molar-refractivity contribution in [2.24, 2.45) is 12.5 Å². The molecule has 2 N–H and O–H groups in total. The lowest BCUT2D eigenvalue weighted by molar-refractivity contribution is -0.106. The van der Waals surface area contributed by atoms with Crippen LogP contribution in [0.15, 0.2) is 53.5 Å². The van der Waals surface area contributed by atoms with E-state index in [1.54, 1.807) is 0 Å². The Bertz CT molecular complexity index is 1640. The Kier molecular flexibility index (Phi) is 6.94. The molecule has 2 heterocycles. The van der Waals surface area contributed by atoms with E-state index < -0.39 is 27.8 Å². The summed E-state index contributed by atoms with van der Waals surface area (Å²) in [6.07, 6.45) is 1.47. The van der Waals surface area contributed by atoms with Gasteiger partial charge in [0.25, 0.3) is 5.56 Å². The molecule has 1 amide bonds. The van der Waals surface area contributed by atoms with Crippen molar-refractivity contribution in [2.75, 3.05) is 23.6 Å². The van der Waals surface area contributed by atoms with Crippen LogP contribution in [0.4, 0.5) is 19.3 Å². The summed E-state index contributed by atoms with van der Waals surface area (Å²) in [4.78, 5) is 25.1. The van der Waals surface area contributed by atoms with Gasteiger partial charge in [-0.15, -0.1) is 0 Å². The van der Waals surface area contributed by atoms with Gasteiger partial charge in [0.05, 0.1) is 5.75 Å². The van der Waals surface area contributed by atoms with Crippen LogP contribution in [0.25, 0.3) is 11.1 Å². The molecule has 0 radical (unpaired) electrons. The SMILES string of the molecule is CCS(=O)(=O)Nc1ccc(Oc2ccc(F)cc2F)c(-c2cn(C)c(=O)cc2OC2CC3(C2)CN(C(=O)O)C3)c1. The van der Waals surface area contributed by atoms with Crippen molar-refractivity contribution in [1.29, 1.82) is 0 Å². The number of hydrogen-bond donors (Lipinski definition) is 2. The number of anilines is 1. The van der Waals surface area contributed by atoms with Crippen molar-refractivity contribution in [2.45, 2.75) is 25.9 Å². The third-order valence-corrected chi connectivity index (χ3v) is 8.47. The van der Waals surface area contributed by atoms with Gasteiger partial charge in [-0.3, -0.25) is 9.52 Å². The zero-order valence-corrected chi connectivity index (χ0v) is 22.5. The average molecular weight is 576 g/mol. The molecule has 1 aliphatic heterocycles. The highest BCUT2D eigenvalue weighted by atomic mass is 32.2. The van der Waals surface area contributed by atoms with Crippen LogP contribution in [0.1, 0.15) is 19.8 Å². The second-order valence-electron chi connectivity index (χ2n) is 10.2. The van der Waals surface area contributed by atoms with Crippen molar-refractivity contribution in [3.63, 3.8) is 0 Å². The van der Waals surface area contributed by atoms with Gasteiger partial charge < -0.3 is 24.0 Å². The molecule has 40 heavy (non-hydrogen) atoms. The predicted molar refractivity (Wildman–Crippen MR) is 142 cm³/mol. The number of carbonyl (C=O) groups is 1. The van der Waals surface area contributed by atoms with Crippen molar-refractivity contribution in [1.82, 2.24) is 9.47 Å². The van der Waals surface area contributed by atoms with Crippen LogP contribution in [-0.2, 0) is 17.1 Å². The van der Waals surface area contributed by atoms with Crippen LogP contribution >= 0.6 is 0 Å². The molecular formula is C27H27F2N3O7S. The van der Waals surface area contributed by atoms with Crippen molar-refractivity contribution >= 4 is 21.8 Å². The monoisotopic (exact) mass is 575 g/mol. The highest BCUT2D eigenvalue weighted by molar-refractivity contribution is 7.92. The Morgan fingerprint density at radius 1 is 1.07 bits per heavy atom. The third-order valence-electron chi connectivity index (χ3n) is 7.17. The fourth-order valence-corrected chi connectivity index (χ4v) is 5.69. The first kappa shape index (κ1) is 27.4. The van der Waals surface area contributed by atoms with Crippen LogP contribution in [-0.4, -0.2) is 54.0 Å². The number of halogens is 2. The molecule has 1 spiro atoms. The molecule has 3 aromatic rings. The normalized spacial score (nSPS) is 16.2. The minimum Gasteiger partial charge on any atom is -0.489 e. The molecule has 10 nitrogen and oxygen atoms in total. The first-order chi connectivity index (χ1) is 18.9. The van der Waals surface area contributed by atoms with Gasteiger partial charge in [0.15, 0.2) is 11.6 Å². The number of hydrogen-bond acceptors (Lipinski definition) is 6. The maximum atomic E-state index is 14.5. The molecule has 0 bridgehead atoms. The molecular weight excluding hydrogens is 548 g/mol. The van der Waals surface area contributed by atoms with Gasteiger partial charge in [-0.2, -0.15) is 0 Å². The van der Waals surface area contributed by atoms with E-state index in [4.69, 9.17) is 14.6 Å². The number of sulfonamides is 1.